The lowest BCUT2D eigenvalue weighted by molar-refractivity contribution is 0.0215. The fourth-order valence-corrected chi connectivity index (χ4v) is 1.53. The summed E-state index contributed by atoms with van der Waals surface area (Å²) in [5.41, 5.74) is 7.34. The first-order chi connectivity index (χ1) is 9.41. The maximum Gasteiger partial charge on any atom is 0.261 e. The minimum absolute atomic E-state index is 0.135. The lowest BCUT2D eigenvalue weighted by Gasteiger charge is -2.14. The predicted molar refractivity (Wildman–Crippen MR) is 74.2 cm³/mol. The van der Waals surface area contributed by atoms with Crippen molar-refractivity contribution in [1.29, 1.82) is 0 Å². The molecule has 20 heavy (non-hydrogen) atoms. The highest BCUT2D eigenvalue weighted by atomic mass is 19.3. The number of nitrogens with one attached hydrogen (secondary N) is 1. The number of nitrogens with zero attached hydrogens (tertiary/aromatic N) is 1. The van der Waals surface area contributed by atoms with Crippen LogP contribution in [0.3, 0.4) is 0 Å². The lowest BCUT2D eigenvalue weighted by Crippen LogP contribution is -2.22. The van der Waals surface area contributed by atoms with Gasteiger partial charge in [0.2, 0.25) is 0 Å². The molecular formula is C13H19F2N3O2. The summed E-state index contributed by atoms with van der Waals surface area (Å²) in [5, 5.41) is 2.96. The van der Waals surface area contributed by atoms with E-state index in [1.807, 2.05) is 0 Å². The van der Waals surface area contributed by atoms with Gasteiger partial charge in [0.1, 0.15) is 6.61 Å². The Bertz CT molecular complexity index is 453. The SMILES string of the molecule is CN(C)C(=O)c1ccc(N)c(NCCOCC(F)F)c1. The van der Waals surface area contributed by atoms with Crippen molar-refractivity contribution in [2.45, 2.75) is 6.43 Å². The van der Waals surface area contributed by atoms with Gasteiger partial charge in [-0.3, -0.25) is 4.79 Å². The molecule has 1 amide bonds. The van der Waals surface area contributed by atoms with Crippen LogP contribution in [0.1, 0.15) is 10.4 Å². The van der Waals surface area contributed by atoms with Crippen molar-refractivity contribution in [2.24, 2.45) is 0 Å². The second-order valence-electron chi connectivity index (χ2n) is 4.39. The molecule has 7 heteroatoms. The number of carbonyl (C=O) groups is 1. The minimum atomic E-state index is -2.47. The molecule has 0 saturated heterocycles. The molecule has 0 heterocycles. The number of nitrogen functional groups attached to an aromatic ring is 1. The number of amides is 1. The second-order valence-corrected chi connectivity index (χ2v) is 4.39. The Hall–Kier alpha value is -1.89. The van der Waals surface area contributed by atoms with Crippen LogP contribution in [0.5, 0.6) is 0 Å². The maximum absolute atomic E-state index is 11.9. The van der Waals surface area contributed by atoms with Crippen molar-refractivity contribution in [3.63, 3.8) is 0 Å². The van der Waals surface area contributed by atoms with Gasteiger partial charge in [0, 0.05) is 26.2 Å². The third-order valence-corrected chi connectivity index (χ3v) is 2.51. The van der Waals surface area contributed by atoms with Gasteiger partial charge in [0.05, 0.1) is 18.0 Å². The first-order valence-corrected chi connectivity index (χ1v) is 6.12. The molecule has 0 radical (unpaired) electrons. The minimum Gasteiger partial charge on any atom is -0.397 e. The molecule has 3 N–H and O–H groups in total. The summed E-state index contributed by atoms with van der Waals surface area (Å²) in [7, 11) is 3.31. The van der Waals surface area contributed by atoms with Gasteiger partial charge in [0.25, 0.3) is 12.3 Å². The number of anilines is 2. The van der Waals surface area contributed by atoms with E-state index in [1.54, 1.807) is 32.3 Å². The molecule has 1 rings (SSSR count). The van der Waals surface area contributed by atoms with Crippen LogP contribution in [0.25, 0.3) is 0 Å². The van der Waals surface area contributed by atoms with Crippen LogP contribution in [0.15, 0.2) is 18.2 Å². The molecule has 112 valence electrons. The number of benzene rings is 1. The first-order valence-electron chi connectivity index (χ1n) is 6.12. The average Bonchev–Trinajstić information content (AvgIpc) is 2.39. The molecular weight excluding hydrogens is 268 g/mol. The normalized spacial score (nSPS) is 10.7. The molecule has 0 fully saturated rings. The number of alkyl halides is 2. The fraction of sp³-hybridized carbons (Fsp3) is 0.462. The standard InChI is InChI=1S/C13H19F2N3O2/c1-18(2)13(19)9-3-4-10(16)11(7-9)17-5-6-20-8-12(14)15/h3-4,7,12,17H,5-6,8,16H2,1-2H3. The van der Waals surface area contributed by atoms with Crippen LogP contribution < -0.4 is 11.1 Å². The predicted octanol–water partition coefficient (Wildman–Crippen LogP) is 1.66. The Labute approximate surface area is 116 Å². The quantitative estimate of drug-likeness (QED) is 0.591. The molecule has 5 nitrogen and oxygen atoms in total. The Morgan fingerprint density at radius 2 is 2.15 bits per heavy atom. The molecule has 0 aliphatic carbocycles. The molecule has 0 saturated carbocycles. The highest BCUT2D eigenvalue weighted by Gasteiger charge is 2.10. The number of carbonyl (C=O) groups excluding carboxylic acids is 1. The number of rotatable bonds is 7. The molecule has 0 unspecified atom stereocenters. The van der Waals surface area contributed by atoms with Gasteiger partial charge in [-0.2, -0.15) is 0 Å². The zero-order chi connectivity index (χ0) is 15.1. The summed E-state index contributed by atoms with van der Waals surface area (Å²) in [6, 6.07) is 4.89. The summed E-state index contributed by atoms with van der Waals surface area (Å²) in [5.74, 6) is -0.137. The maximum atomic E-state index is 11.9. The van der Waals surface area contributed by atoms with Gasteiger partial charge in [-0.25, -0.2) is 8.78 Å². The Morgan fingerprint density at radius 3 is 2.75 bits per heavy atom. The second kappa shape index (κ2) is 7.64. The van der Waals surface area contributed by atoms with E-state index in [0.717, 1.165) is 0 Å². The zero-order valence-corrected chi connectivity index (χ0v) is 11.5. The molecule has 0 aromatic heterocycles. The fourth-order valence-electron chi connectivity index (χ4n) is 1.53. The van der Waals surface area contributed by atoms with Crippen molar-refractivity contribution in [2.75, 3.05) is 44.9 Å². The van der Waals surface area contributed by atoms with Crippen LogP contribution in [-0.4, -0.2) is 51.1 Å². The van der Waals surface area contributed by atoms with E-state index in [-0.39, 0.29) is 12.5 Å². The molecule has 0 aliphatic rings. The molecule has 0 atom stereocenters. The Balaban J connectivity index is 2.56. The van der Waals surface area contributed by atoms with Gasteiger partial charge in [0.15, 0.2) is 0 Å². The monoisotopic (exact) mass is 287 g/mol. The number of halogens is 2. The van der Waals surface area contributed by atoms with E-state index in [9.17, 15) is 13.6 Å². The Kier molecular flexibility index (Phi) is 6.17. The van der Waals surface area contributed by atoms with E-state index in [4.69, 9.17) is 10.5 Å². The van der Waals surface area contributed by atoms with Crippen LogP contribution in [0, 0.1) is 0 Å². The van der Waals surface area contributed by atoms with Crippen molar-refractivity contribution >= 4 is 17.3 Å². The zero-order valence-electron chi connectivity index (χ0n) is 11.5. The van der Waals surface area contributed by atoms with E-state index in [0.29, 0.717) is 23.5 Å². The summed E-state index contributed by atoms with van der Waals surface area (Å²) < 4.78 is 28.5. The molecule has 0 aliphatic heterocycles. The van der Waals surface area contributed by atoms with E-state index in [2.05, 4.69) is 5.32 Å². The van der Waals surface area contributed by atoms with Crippen molar-refractivity contribution in [1.82, 2.24) is 4.90 Å². The highest BCUT2D eigenvalue weighted by Crippen LogP contribution is 2.20. The summed E-state index contributed by atoms with van der Waals surface area (Å²) in [6.07, 6.45) is -2.47. The van der Waals surface area contributed by atoms with E-state index in [1.165, 1.54) is 4.90 Å². The largest absolute Gasteiger partial charge is 0.397 e. The number of ether oxygens (including phenoxy) is 1. The van der Waals surface area contributed by atoms with Gasteiger partial charge < -0.3 is 20.7 Å². The summed E-state index contributed by atoms with van der Waals surface area (Å²) in [6.45, 7) is -0.123. The lowest BCUT2D eigenvalue weighted by atomic mass is 10.1. The third-order valence-electron chi connectivity index (χ3n) is 2.51. The van der Waals surface area contributed by atoms with Gasteiger partial charge in [-0.05, 0) is 18.2 Å². The van der Waals surface area contributed by atoms with E-state index < -0.39 is 13.0 Å². The van der Waals surface area contributed by atoms with Crippen molar-refractivity contribution < 1.29 is 18.3 Å². The van der Waals surface area contributed by atoms with Crippen LogP contribution in [0.4, 0.5) is 20.2 Å². The molecule has 1 aromatic rings. The van der Waals surface area contributed by atoms with Gasteiger partial charge >= 0.3 is 0 Å². The first kappa shape index (κ1) is 16.2. The van der Waals surface area contributed by atoms with Crippen LogP contribution >= 0.6 is 0 Å². The van der Waals surface area contributed by atoms with Crippen LogP contribution in [-0.2, 0) is 4.74 Å². The topological polar surface area (TPSA) is 67.6 Å². The third kappa shape index (κ3) is 5.00. The molecule has 0 spiro atoms. The number of hydrogen-bond acceptors (Lipinski definition) is 4. The molecule has 0 bridgehead atoms. The van der Waals surface area contributed by atoms with Gasteiger partial charge in [-0.1, -0.05) is 0 Å². The smallest absolute Gasteiger partial charge is 0.261 e. The number of nitrogens with two attached hydrogens (primary N) is 1. The summed E-state index contributed by atoms with van der Waals surface area (Å²) >= 11 is 0. The summed E-state index contributed by atoms with van der Waals surface area (Å²) in [4.78, 5) is 13.3. The number of hydrogen-bond donors (Lipinski definition) is 2. The van der Waals surface area contributed by atoms with E-state index >= 15 is 0 Å². The van der Waals surface area contributed by atoms with Crippen LogP contribution in [0.2, 0.25) is 0 Å². The Morgan fingerprint density at radius 1 is 1.45 bits per heavy atom. The van der Waals surface area contributed by atoms with Gasteiger partial charge in [-0.15, -0.1) is 0 Å². The molecule has 1 aromatic carbocycles. The highest BCUT2D eigenvalue weighted by molar-refractivity contribution is 5.95. The average molecular weight is 287 g/mol. The van der Waals surface area contributed by atoms with Crippen molar-refractivity contribution in [3.05, 3.63) is 23.8 Å². The van der Waals surface area contributed by atoms with Crippen molar-refractivity contribution in [3.8, 4) is 0 Å².